The maximum atomic E-state index is 10.5. The highest BCUT2D eigenvalue weighted by Gasteiger charge is 1.93. The van der Waals surface area contributed by atoms with Crippen LogP contribution >= 0.6 is 0 Å². The second kappa shape index (κ2) is 6.23. The highest BCUT2D eigenvalue weighted by molar-refractivity contribution is 5.67. The topological polar surface area (TPSA) is 26.3 Å². The van der Waals surface area contributed by atoms with E-state index in [-0.39, 0.29) is 5.97 Å². The lowest BCUT2D eigenvalue weighted by Gasteiger charge is -1.99. The molecule has 0 rings (SSSR count). The molecular formula is C11H16O2. The largest absolute Gasteiger partial charge is 0.427 e. The quantitative estimate of drug-likeness (QED) is 0.377. The molecule has 0 atom stereocenters. The van der Waals surface area contributed by atoms with Gasteiger partial charge in [-0.15, -0.1) is 0 Å². The zero-order valence-corrected chi connectivity index (χ0v) is 8.46. The third kappa shape index (κ3) is 5.91. The number of esters is 1. The van der Waals surface area contributed by atoms with Gasteiger partial charge in [-0.1, -0.05) is 31.2 Å². The average molecular weight is 180 g/mol. The lowest BCUT2D eigenvalue weighted by atomic mass is 10.2. The number of hydrogen-bond donors (Lipinski definition) is 0. The van der Waals surface area contributed by atoms with Gasteiger partial charge in [0.15, 0.2) is 0 Å². The normalized spacial score (nSPS) is 11.8. The van der Waals surface area contributed by atoms with Crippen LogP contribution in [0.4, 0.5) is 0 Å². The first-order chi connectivity index (χ1) is 6.10. The van der Waals surface area contributed by atoms with Crippen molar-refractivity contribution in [2.24, 2.45) is 0 Å². The Morgan fingerprint density at radius 2 is 2.08 bits per heavy atom. The Morgan fingerprint density at radius 3 is 2.46 bits per heavy atom. The van der Waals surface area contributed by atoms with Crippen LogP contribution in [-0.2, 0) is 9.53 Å². The van der Waals surface area contributed by atoms with Crippen LogP contribution in [0.3, 0.4) is 0 Å². The van der Waals surface area contributed by atoms with Crippen LogP contribution in [0.1, 0.15) is 27.2 Å². The molecule has 2 heteroatoms. The van der Waals surface area contributed by atoms with Gasteiger partial charge in [0.2, 0.25) is 0 Å². The molecule has 0 unspecified atom stereocenters. The molecule has 0 aromatic rings. The van der Waals surface area contributed by atoms with E-state index in [4.69, 9.17) is 4.74 Å². The molecule has 0 fully saturated rings. The summed E-state index contributed by atoms with van der Waals surface area (Å²) in [7, 11) is 0. The number of carbonyl (C=O) groups excluding carboxylic acids is 1. The van der Waals surface area contributed by atoms with Gasteiger partial charge in [0.25, 0.3) is 0 Å². The van der Waals surface area contributed by atoms with Crippen LogP contribution in [0, 0.1) is 0 Å². The van der Waals surface area contributed by atoms with Gasteiger partial charge in [0.05, 0.1) is 0 Å². The molecule has 72 valence electrons. The van der Waals surface area contributed by atoms with Crippen LogP contribution in [0.2, 0.25) is 0 Å². The third-order valence-corrected chi connectivity index (χ3v) is 1.54. The molecule has 0 amide bonds. The van der Waals surface area contributed by atoms with E-state index in [9.17, 15) is 4.79 Å². The zero-order valence-electron chi connectivity index (χ0n) is 8.46. The Morgan fingerprint density at radius 1 is 1.46 bits per heavy atom. The highest BCUT2D eigenvalue weighted by Crippen LogP contribution is 2.05. The summed E-state index contributed by atoms with van der Waals surface area (Å²) in [5.74, 6) is 0.0356. The molecule has 0 radical (unpaired) electrons. The van der Waals surface area contributed by atoms with Gasteiger partial charge in [-0.3, -0.25) is 4.79 Å². The van der Waals surface area contributed by atoms with E-state index in [2.05, 4.69) is 13.5 Å². The molecule has 0 aromatic carbocycles. The molecule has 0 spiro atoms. The Balaban J connectivity index is 4.11. The predicted octanol–water partition coefficient (Wildman–Crippen LogP) is 2.98. The SMILES string of the molecule is C=C(/C=C\C(=C/C)CC)OC(C)=O. The van der Waals surface area contributed by atoms with E-state index in [0.29, 0.717) is 5.76 Å². The molecule has 0 bridgehead atoms. The van der Waals surface area contributed by atoms with Crippen molar-refractivity contribution in [3.05, 3.63) is 36.1 Å². The molecule has 0 saturated carbocycles. The summed E-state index contributed by atoms with van der Waals surface area (Å²) in [5, 5.41) is 0. The van der Waals surface area contributed by atoms with Crippen molar-refractivity contribution in [3.8, 4) is 0 Å². The number of ether oxygens (including phenoxy) is 1. The first kappa shape index (κ1) is 11.7. The van der Waals surface area contributed by atoms with Gasteiger partial charge in [-0.05, 0) is 19.4 Å². The number of allylic oxidation sites excluding steroid dienone is 4. The van der Waals surface area contributed by atoms with Crippen molar-refractivity contribution < 1.29 is 9.53 Å². The van der Waals surface area contributed by atoms with Crippen molar-refractivity contribution in [1.29, 1.82) is 0 Å². The third-order valence-electron chi connectivity index (χ3n) is 1.54. The minimum Gasteiger partial charge on any atom is -0.427 e. The Kier molecular flexibility index (Phi) is 5.60. The van der Waals surface area contributed by atoms with Gasteiger partial charge in [0.1, 0.15) is 5.76 Å². The van der Waals surface area contributed by atoms with E-state index < -0.39 is 0 Å². The van der Waals surface area contributed by atoms with Gasteiger partial charge in [-0.2, -0.15) is 0 Å². The monoisotopic (exact) mass is 180 g/mol. The second-order valence-electron chi connectivity index (χ2n) is 2.61. The molecule has 0 aromatic heterocycles. The van der Waals surface area contributed by atoms with Crippen LogP contribution in [0.5, 0.6) is 0 Å². The first-order valence-electron chi connectivity index (χ1n) is 4.30. The zero-order chi connectivity index (χ0) is 10.3. The van der Waals surface area contributed by atoms with Crippen molar-refractivity contribution in [3.63, 3.8) is 0 Å². The average Bonchev–Trinajstić information content (AvgIpc) is 2.05. The fraction of sp³-hybridized carbons (Fsp3) is 0.364. The highest BCUT2D eigenvalue weighted by atomic mass is 16.5. The summed E-state index contributed by atoms with van der Waals surface area (Å²) in [6, 6.07) is 0. The summed E-state index contributed by atoms with van der Waals surface area (Å²) in [5.41, 5.74) is 1.19. The van der Waals surface area contributed by atoms with Gasteiger partial charge >= 0.3 is 5.97 Å². The van der Waals surface area contributed by atoms with Crippen molar-refractivity contribution >= 4 is 5.97 Å². The molecule has 2 nitrogen and oxygen atoms in total. The van der Waals surface area contributed by atoms with Crippen molar-refractivity contribution in [2.45, 2.75) is 27.2 Å². The summed E-state index contributed by atoms with van der Waals surface area (Å²) in [6.07, 6.45) is 6.56. The molecule has 0 aliphatic heterocycles. The van der Waals surface area contributed by atoms with Crippen LogP contribution < -0.4 is 0 Å². The maximum absolute atomic E-state index is 10.5. The number of hydrogen-bond acceptors (Lipinski definition) is 2. The number of rotatable bonds is 4. The standard InChI is InChI=1S/C11H16O2/c1-5-11(6-2)8-7-9(3)13-10(4)12/h5,7-8H,3,6H2,1-2,4H3/b8-7-,11-5-. The summed E-state index contributed by atoms with van der Waals surface area (Å²) in [4.78, 5) is 10.5. The maximum Gasteiger partial charge on any atom is 0.308 e. The van der Waals surface area contributed by atoms with E-state index in [0.717, 1.165) is 6.42 Å². The molecular weight excluding hydrogens is 164 g/mol. The Hall–Kier alpha value is -1.31. The lowest BCUT2D eigenvalue weighted by molar-refractivity contribution is -0.136. The predicted molar refractivity (Wildman–Crippen MR) is 54.1 cm³/mol. The molecule has 0 N–H and O–H groups in total. The van der Waals surface area contributed by atoms with Gasteiger partial charge < -0.3 is 4.74 Å². The fourth-order valence-corrected chi connectivity index (χ4v) is 0.837. The molecule has 0 aliphatic rings. The summed E-state index contributed by atoms with van der Waals surface area (Å²) < 4.78 is 4.74. The van der Waals surface area contributed by atoms with E-state index in [1.807, 2.05) is 19.1 Å². The Bertz CT molecular complexity index is 247. The van der Waals surface area contributed by atoms with E-state index >= 15 is 0 Å². The smallest absolute Gasteiger partial charge is 0.308 e. The molecule has 0 heterocycles. The first-order valence-corrected chi connectivity index (χ1v) is 4.30. The molecule has 0 saturated heterocycles. The van der Waals surface area contributed by atoms with Crippen LogP contribution in [0.15, 0.2) is 36.1 Å². The van der Waals surface area contributed by atoms with Crippen LogP contribution in [0.25, 0.3) is 0 Å². The summed E-state index contributed by atoms with van der Waals surface area (Å²) in [6.45, 7) is 8.97. The van der Waals surface area contributed by atoms with Crippen molar-refractivity contribution in [2.75, 3.05) is 0 Å². The minimum atomic E-state index is -0.340. The lowest BCUT2D eigenvalue weighted by Crippen LogP contribution is -1.95. The fourth-order valence-electron chi connectivity index (χ4n) is 0.837. The number of carbonyl (C=O) groups is 1. The van der Waals surface area contributed by atoms with Gasteiger partial charge in [-0.25, -0.2) is 0 Å². The van der Waals surface area contributed by atoms with Gasteiger partial charge in [0, 0.05) is 6.92 Å². The molecule has 13 heavy (non-hydrogen) atoms. The van der Waals surface area contributed by atoms with Crippen molar-refractivity contribution in [1.82, 2.24) is 0 Å². The molecule has 0 aliphatic carbocycles. The van der Waals surface area contributed by atoms with E-state index in [1.54, 1.807) is 6.08 Å². The van der Waals surface area contributed by atoms with Crippen LogP contribution in [-0.4, -0.2) is 5.97 Å². The minimum absolute atomic E-state index is 0.340. The van der Waals surface area contributed by atoms with E-state index in [1.165, 1.54) is 12.5 Å². The Labute approximate surface area is 79.6 Å². The second-order valence-corrected chi connectivity index (χ2v) is 2.61. The summed E-state index contributed by atoms with van der Waals surface area (Å²) >= 11 is 0.